The highest BCUT2D eigenvalue weighted by Crippen LogP contribution is 2.16. The first-order valence-corrected chi connectivity index (χ1v) is 6.31. The van der Waals surface area contributed by atoms with Crippen molar-refractivity contribution in [3.05, 3.63) is 34.4 Å². The highest BCUT2D eigenvalue weighted by Gasteiger charge is 2.14. The molecule has 1 fully saturated rings. The summed E-state index contributed by atoms with van der Waals surface area (Å²) >= 11 is 5.15. The number of nitrogens with zero attached hydrogens (tertiary/aromatic N) is 3. The third-order valence-electron chi connectivity index (χ3n) is 2.89. The zero-order valence-corrected chi connectivity index (χ0v) is 11.3. The molecule has 1 aromatic rings. The summed E-state index contributed by atoms with van der Waals surface area (Å²) in [5.74, 6) is 0.972. The molecule has 0 saturated carbocycles. The number of thiocarbonyl (C=S) groups is 1. The molecule has 1 aliphatic heterocycles. The number of rotatable bonds is 2. The Kier molecular flexibility index (Phi) is 4.06. The fourth-order valence-corrected chi connectivity index (χ4v) is 2.09. The molecule has 7 heteroatoms. The third-order valence-corrected chi connectivity index (χ3v) is 3.09. The molecule has 0 aliphatic carbocycles. The van der Waals surface area contributed by atoms with Crippen molar-refractivity contribution in [2.24, 2.45) is 4.99 Å². The van der Waals surface area contributed by atoms with Crippen LogP contribution < -0.4 is 5.32 Å². The van der Waals surface area contributed by atoms with Crippen molar-refractivity contribution in [1.82, 2.24) is 4.90 Å². The monoisotopic (exact) mass is 278 g/mol. The number of nitro benzene ring substituents is 1. The van der Waals surface area contributed by atoms with Gasteiger partial charge < -0.3 is 10.2 Å². The first-order chi connectivity index (χ1) is 9.06. The number of hydrogen-bond donors (Lipinski definition) is 1. The second-order valence-electron chi connectivity index (χ2n) is 4.29. The zero-order valence-electron chi connectivity index (χ0n) is 10.5. The normalized spacial score (nSPS) is 16.7. The van der Waals surface area contributed by atoms with Gasteiger partial charge in [0.2, 0.25) is 0 Å². The maximum atomic E-state index is 10.5. The van der Waals surface area contributed by atoms with E-state index < -0.39 is 4.92 Å². The Bertz CT molecular complexity index is 527. The van der Waals surface area contributed by atoms with Crippen LogP contribution in [0.5, 0.6) is 0 Å². The Morgan fingerprint density at radius 3 is 2.68 bits per heavy atom. The van der Waals surface area contributed by atoms with E-state index in [0.29, 0.717) is 10.8 Å². The summed E-state index contributed by atoms with van der Waals surface area (Å²) in [7, 11) is 1.99. The minimum Gasteiger partial charge on any atom is -0.363 e. The molecule has 0 atom stereocenters. The van der Waals surface area contributed by atoms with Gasteiger partial charge in [0.15, 0.2) is 5.11 Å². The first kappa shape index (κ1) is 13.4. The van der Waals surface area contributed by atoms with Gasteiger partial charge in [0, 0.05) is 37.8 Å². The number of aliphatic imine (C=N–C) groups is 1. The molecule has 1 N–H and O–H groups in total. The molecule has 1 heterocycles. The van der Waals surface area contributed by atoms with Gasteiger partial charge in [-0.2, -0.15) is 0 Å². The maximum absolute atomic E-state index is 10.5. The molecule has 0 bridgehead atoms. The molecule has 0 spiro atoms. The minimum absolute atomic E-state index is 0.0540. The largest absolute Gasteiger partial charge is 0.363 e. The van der Waals surface area contributed by atoms with Crippen molar-refractivity contribution >= 4 is 34.5 Å². The van der Waals surface area contributed by atoms with Gasteiger partial charge in [0.1, 0.15) is 5.84 Å². The molecular weight excluding hydrogens is 264 g/mol. The van der Waals surface area contributed by atoms with Gasteiger partial charge in [-0.3, -0.25) is 10.1 Å². The van der Waals surface area contributed by atoms with E-state index in [9.17, 15) is 10.1 Å². The molecule has 1 saturated heterocycles. The average Bonchev–Trinajstić information content (AvgIpc) is 2.75. The van der Waals surface area contributed by atoms with E-state index in [1.807, 2.05) is 7.05 Å². The van der Waals surface area contributed by atoms with Crippen LogP contribution in [0.15, 0.2) is 29.3 Å². The SMILES string of the molecule is CN1CCC/C1=N\C(=S)Nc1ccc([N+](=O)[O-])cc1. The van der Waals surface area contributed by atoms with E-state index >= 15 is 0 Å². The molecule has 19 heavy (non-hydrogen) atoms. The Morgan fingerprint density at radius 1 is 1.47 bits per heavy atom. The number of likely N-dealkylation sites (tertiary alicyclic amines) is 1. The van der Waals surface area contributed by atoms with E-state index in [-0.39, 0.29) is 5.69 Å². The predicted molar refractivity (Wildman–Crippen MR) is 78.6 cm³/mol. The number of non-ortho nitro benzene ring substituents is 1. The molecule has 6 nitrogen and oxygen atoms in total. The number of anilines is 1. The summed E-state index contributed by atoms with van der Waals surface area (Å²) in [4.78, 5) is 16.5. The summed E-state index contributed by atoms with van der Waals surface area (Å²) in [6, 6.07) is 6.09. The fraction of sp³-hybridized carbons (Fsp3) is 0.333. The molecule has 0 unspecified atom stereocenters. The molecule has 2 rings (SSSR count). The lowest BCUT2D eigenvalue weighted by atomic mass is 10.3. The van der Waals surface area contributed by atoms with Crippen LogP contribution in [0.1, 0.15) is 12.8 Å². The number of amidine groups is 1. The average molecular weight is 278 g/mol. The van der Waals surface area contributed by atoms with Gasteiger partial charge in [-0.15, -0.1) is 0 Å². The van der Waals surface area contributed by atoms with Crippen LogP contribution in [0.3, 0.4) is 0 Å². The van der Waals surface area contributed by atoms with Crippen molar-refractivity contribution in [2.75, 3.05) is 18.9 Å². The lowest BCUT2D eigenvalue weighted by Gasteiger charge is -2.11. The molecule has 100 valence electrons. The van der Waals surface area contributed by atoms with Gasteiger partial charge in [-0.1, -0.05) is 0 Å². The standard InChI is InChI=1S/C12H14N4O2S/c1-15-8-2-3-11(15)14-12(19)13-9-4-6-10(7-5-9)16(17)18/h4-7H,2-3,8H2,1H3,(H,13,19)/b14-11+. The van der Waals surface area contributed by atoms with Crippen LogP contribution in [0.2, 0.25) is 0 Å². The van der Waals surface area contributed by atoms with Crippen LogP contribution in [0, 0.1) is 10.1 Å². The number of nitro groups is 1. The summed E-state index contributed by atoms with van der Waals surface area (Å²) in [6.45, 7) is 0.999. The van der Waals surface area contributed by atoms with E-state index in [4.69, 9.17) is 12.2 Å². The number of benzene rings is 1. The van der Waals surface area contributed by atoms with Crippen LogP contribution >= 0.6 is 12.2 Å². The zero-order chi connectivity index (χ0) is 13.8. The number of nitrogens with one attached hydrogen (secondary N) is 1. The van der Waals surface area contributed by atoms with Crippen LogP contribution in [-0.4, -0.2) is 34.4 Å². The molecule has 0 amide bonds. The Labute approximate surface area is 116 Å². The molecule has 1 aliphatic rings. The highest BCUT2D eigenvalue weighted by atomic mass is 32.1. The highest BCUT2D eigenvalue weighted by molar-refractivity contribution is 7.80. The third kappa shape index (κ3) is 3.47. The van der Waals surface area contributed by atoms with Crippen molar-refractivity contribution in [3.63, 3.8) is 0 Å². The predicted octanol–water partition coefficient (Wildman–Crippen LogP) is 2.42. The van der Waals surface area contributed by atoms with Gasteiger partial charge in [-0.25, -0.2) is 4.99 Å². The van der Waals surface area contributed by atoms with Crippen molar-refractivity contribution < 1.29 is 4.92 Å². The van der Waals surface area contributed by atoms with Gasteiger partial charge in [0.25, 0.3) is 5.69 Å². The maximum Gasteiger partial charge on any atom is 0.269 e. The fourth-order valence-electron chi connectivity index (χ4n) is 1.87. The van der Waals surface area contributed by atoms with E-state index in [0.717, 1.165) is 25.2 Å². The molecule has 0 radical (unpaired) electrons. The Morgan fingerprint density at radius 2 is 2.16 bits per heavy atom. The van der Waals surface area contributed by atoms with Crippen molar-refractivity contribution in [1.29, 1.82) is 0 Å². The van der Waals surface area contributed by atoms with E-state index in [1.165, 1.54) is 12.1 Å². The molecular formula is C12H14N4O2S. The Balaban J connectivity index is 2.01. The lowest BCUT2D eigenvalue weighted by Crippen LogP contribution is -2.21. The summed E-state index contributed by atoms with van der Waals surface area (Å²) in [5, 5.41) is 13.9. The second kappa shape index (κ2) is 5.75. The summed E-state index contributed by atoms with van der Waals surface area (Å²) in [5.41, 5.74) is 0.749. The van der Waals surface area contributed by atoms with Gasteiger partial charge in [0.05, 0.1) is 4.92 Å². The van der Waals surface area contributed by atoms with Gasteiger partial charge in [-0.05, 0) is 30.8 Å². The van der Waals surface area contributed by atoms with E-state index in [2.05, 4.69) is 15.2 Å². The summed E-state index contributed by atoms with van der Waals surface area (Å²) in [6.07, 6.45) is 2.02. The van der Waals surface area contributed by atoms with Crippen LogP contribution in [-0.2, 0) is 0 Å². The van der Waals surface area contributed by atoms with Crippen LogP contribution in [0.4, 0.5) is 11.4 Å². The Hall–Kier alpha value is -2.02. The van der Waals surface area contributed by atoms with Crippen molar-refractivity contribution in [2.45, 2.75) is 12.8 Å². The quantitative estimate of drug-likeness (QED) is 0.511. The first-order valence-electron chi connectivity index (χ1n) is 5.90. The smallest absolute Gasteiger partial charge is 0.269 e. The second-order valence-corrected chi connectivity index (χ2v) is 4.67. The minimum atomic E-state index is -0.435. The van der Waals surface area contributed by atoms with Crippen molar-refractivity contribution in [3.8, 4) is 0 Å². The van der Waals surface area contributed by atoms with Crippen LogP contribution in [0.25, 0.3) is 0 Å². The molecule has 1 aromatic carbocycles. The van der Waals surface area contributed by atoms with E-state index in [1.54, 1.807) is 12.1 Å². The van der Waals surface area contributed by atoms with Gasteiger partial charge >= 0.3 is 0 Å². The topological polar surface area (TPSA) is 70.8 Å². The lowest BCUT2D eigenvalue weighted by molar-refractivity contribution is -0.384. The molecule has 0 aromatic heterocycles. The number of hydrogen-bond acceptors (Lipinski definition) is 3. The summed E-state index contributed by atoms with van der Waals surface area (Å²) < 4.78 is 0.